The normalized spacial score (nSPS) is 21.5. The molecule has 16 heavy (non-hydrogen) atoms. The van der Waals surface area contributed by atoms with Gasteiger partial charge in [0.2, 0.25) is 0 Å². The minimum absolute atomic E-state index is 0. The molecule has 1 atom stereocenters. The standard InChI is InChI=1S/C13H20N2.ClH/c1-11-5-2-3-6-12(11)9-15-8-4-7-13(14)10-15;/h2-3,5-6,13H,4,7-10,14H2,1H3;1H/t13-;/m1./s1. The average Bonchev–Trinajstić information content (AvgIpc) is 2.22. The van der Waals surface area contributed by atoms with Crippen molar-refractivity contribution in [1.29, 1.82) is 0 Å². The van der Waals surface area contributed by atoms with Gasteiger partial charge in [-0.25, -0.2) is 0 Å². The van der Waals surface area contributed by atoms with Crippen molar-refractivity contribution >= 4 is 12.4 Å². The molecule has 1 aromatic carbocycles. The Hall–Kier alpha value is -0.570. The van der Waals surface area contributed by atoms with Gasteiger partial charge in [-0.3, -0.25) is 4.90 Å². The number of rotatable bonds is 2. The van der Waals surface area contributed by atoms with Crippen LogP contribution in [0, 0.1) is 6.92 Å². The fraction of sp³-hybridized carbons (Fsp3) is 0.538. The van der Waals surface area contributed by atoms with Crippen LogP contribution in [0.4, 0.5) is 0 Å². The second kappa shape index (κ2) is 6.24. The van der Waals surface area contributed by atoms with Crippen molar-refractivity contribution in [2.24, 2.45) is 5.73 Å². The van der Waals surface area contributed by atoms with Crippen molar-refractivity contribution in [1.82, 2.24) is 4.90 Å². The van der Waals surface area contributed by atoms with Crippen molar-refractivity contribution < 1.29 is 0 Å². The molecule has 1 aliphatic rings. The van der Waals surface area contributed by atoms with Crippen molar-refractivity contribution in [3.63, 3.8) is 0 Å². The number of aryl methyl sites for hydroxylation is 1. The zero-order chi connectivity index (χ0) is 10.7. The number of likely N-dealkylation sites (tertiary alicyclic amines) is 1. The van der Waals surface area contributed by atoms with Gasteiger partial charge in [-0.15, -0.1) is 12.4 Å². The van der Waals surface area contributed by atoms with E-state index in [1.807, 2.05) is 0 Å². The molecule has 0 bridgehead atoms. The Morgan fingerprint density at radius 2 is 2.12 bits per heavy atom. The van der Waals surface area contributed by atoms with E-state index in [0.29, 0.717) is 6.04 Å². The summed E-state index contributed by atoms with van der Waals surface area (Å²) in [5, 5.41) is 0. The van der Waals surface area contributed by atoms with Crippen molar-refractivity contribution in [2.45, 2.75) is 32.4 Å². The van der Waals surface area contributed by atoms with E-state index in [4.69, 9.17) is 5.73 Å². The lowest BCUT2D eigenvalue weighted by molar-refractivity contribution is 0.201. The monoisotopic (exact) mass is 240 g/mol. The highest BCUT2D eigenvalue weighted by Gasteiger charge is 2.16. The summed E-state index contributed by atoms with van der Waals surface area (Å²) in [7, 11) is 0. The van der Waals surface area contributed by atoms with Crippen LogP contribution in [-0.2, 0) is 6.54 Å². The van der Waals surface area contributed by atoms with Gasteiger partial charge in [0.15, 0.2) is 0 Å². The van der Waals surface area contributed by atoms with Crippen LogP contribution in [0.3, 0.4) is 0 Å². The molecular weight excluding hydrogens is 220 g/mol. The maximum Gasteiger partial charge on any atom is 0.0237 e. The van der Waals surface area contributed by atoms with Crippen LogP contribution in [0.25, 0.3) is 0 Å². The van der Waals surface area contributed by atoms with E-state index < -0.39 is 0 Å². The van der Waals surface area contributed by atoms with Crippen LogP contribution >= 0.6 is 12.4 Å². The Morgan fingerprint density at radius 1 is 1.38 bits per heavy atom. The molecule has 1 aliphatic heterocycles. The second-order valence-electron chi connectivity index (χ2n) is 4.56. The van der Waals surface area contributed by atoms with Crippen LogP contribution in [0.1, 0.15) is 24.0 Å². The van der Waals surface area contributed by atoms with Gasteiger partial charge in [-0.2, -0.15) is 0 Å². The first kappa shape index (κ1) is 13.5. The summed E-state index contributed by atoms with van der Waals surface area (Å²) in [6.07, 6.45) is 2.43. The van der Waals surface area contributed by atoms with Crippen molar-refractivity contribution in [3.8, 4) is 0 Å². The molecule has 2 rings (SSSR count). The zero-order valence-corrected chi connectivity index (χ0v) is 10.7. The molecule has 3 heteroatoms. The van der Waals surface area contributed by atoms with Gasteiger partial charge in [0, 0.05) is 19.1 Å². The summed E-state index contributed by atoms with van der Waals surface area (Å²) < 4.78 is 0. The van der Waals surface area contributed by atoms with Gasteiger partial charge in [-0.05, 0) is 37.4 Å². The van der Waals surface area contributed by atoms with Crippen LogP contribution in [0.5, 0.6) is 0 Å². The number of piperidine rings is 1. The number of halogens is 1. The highest BCUT2D eigenvalue weighted by molar-refractivity contribution is 5.85. The Labute approximate surface area is 104 Å². The topological polar surface area (TPSA) is 29.3 Å². The summed E-state index contributed by atoms with van der Waals surface area (Å²) >= 11 is 0. The molecule has 1 saturated heterocycles. The van der Waals surface area contributed by atoms with Crippen LogP contribution < -0.4 is 5.73 Å². The van der Waals surface area contributed by atoms with E-state index in [-0.39, 0.29) is 12.4 Å². The molecule has 1 heterocycles. The number of benzene rings is 1. The molecule has 90 valence electrons. The van der Waals surface area contributed by atoms with E-state index in [9.17, 15) is 0 Å². The summed E-state index contributed by atoms with van der Waals surface area (Å²) in [5.41, 5.74) is 8.80. The molecule has 0 aromatic heterocycles. The fourth-order valence-electron chi connectivity index (χ4n) is 2.26. The number of hydrogen-bond donors (Lipinski definition) is 1. The first-order valence-corrected chi connectivity index (χ1v) is 5.78. The lowest BCUT2D eigenvalue weighted by Crippen LogP contribution is -2.42. The predicted octanol–water partition coefficient (Wildman–Crippen LogP) is 2.34. The molecule has 0 radical (unpaired) electrons. The number of hydrogen-bond acceptors (Lipinski definition) is 2. The lowest BCUT2D eigenvalue weighted by atomic mass is 10.0. The third kappa shape index (κ3) is 3.48. The van der Waals surface area contributed by atoms with E-state index in [1.165, 1.54) is 30.5 Å². The van der Waals surface area contributed by atoms with E-state index in [1.54, 1.807) is 0 Å². The number of nitrogens with two attached hydrogens (primary N) is 1. The molecular formula is C13H21ClN2. The quantitative estimate of drug-likeness (QED) is 0.860. The third-order valence-corrected chi connectivity index (χ3v) is 3.20. The lowest BCUT2D eigenvalue weighted by Gasteiger charge is -2.31. The van der Waals surface area contributed by atoms with E-state index >= 15 is 0 Å². The molecule has 0 aliphatic carbocycles. The van der Waals surface area contributed by atoms with Gasteiger partial charge in [0.25, 0.3) is 0 Å². The predicted molar refractivity (Wildman–Crippen MR) is 70.9 cm³/mol. The smallest absolute Gasteiger partial charge is 0.0237 e. The first-order valence-electron chi connectivity index (χ1n) is 5.78. The highest BCUT2D eigenvalue weighted by Crippen LogP contribution is 2.14. The molecule has 2 nitrogen and oxygen atoms in total. The van der Waals surface area contributed by atoms with Crippen LogP contribution in [0.2, 0.25) is 0 Å². The van der Waals surface area contributed by atoms with Gasteiger partial charge in [0.1, 0.15) is 0 Å². The summed E-state index contributed by atoms with van der Waals surface area (Å²) in [5.74, 6) is 0. The zero-order valence-electron chi connectivity index (χ0n) is 9.86. The SMILES string of the molecule is Cc1ccccc1CN1CCC[C@@H](N)C1.Cl. The fourth-order valence-corrected chi connectivity index (χ4v) is 2.26. The minimum Gasteiger partial charge on any atom is -0.327 e. The summed E-state index contributed by atoms with van der Waals surface area (Å²) in [6.45, 7) is 5.48. The Bertz CT molecular complexity index is 327. The van der Waals surface area contributed by atoms with E-state index in [0.717, 1.165) is 13.1 Å². The van der Waals surface area contributed by atoms with Crippen LogP contribution in [-0.4, -0.2) is 24.0 Å². The molecule has 0 unspecified atom stereocenters. The van der Waals surface area contributed by atoms with Gasteiger partial charge < -0.3 is 5.73 Å². The van der Waals surface area contributed by atoms with E-state index in [2.05, 4.69) is 36.1 Å². The van der Waals surface area contributed by atoms with Gasteiger partial charge >= 0.3 is 0 Å². The van der Waals surface area contributed by atoms with Crippen molar-refractivity contribution in [2.75, 3.05) is 13.1 Å². The van der Waals surface area contributed by atoms with Crippen LogP contribution in [0.15, 0.2) is 24.3 Å². The summed E-state index contributed by atoms with van der Waals surface area (Å²) in [4.78, 5) is 2.47. The molecule has 1 aromatic rings. The molecule has 2 N–H and O–H groups in total. The second-order valence-corrected chi connectivity index (χ2v) is 4.56. The Morgan fingerprint density at radius 3 is 2.81 bits per heavy atom. The largest absolute Gasteiger partial charge is 0.327 e. The maximum absolute atomic E-state index is 5.98. The van der Waals surface area contributed by atoms with Crippen molar-refractivity contribution in [3.05, 3.63) is 35.4 Å². The first-order chi connectivity index (χ1) is 7.25. The number of nitrogens with zero attached hydrogens (tertiary/aromatic N) is 1. The maximum atomic E-state index is 5.98. The molecule has 1 fully saturated rings. The molecule has 0 spiro atoms. The third-order valence-electron chi connectivity index (χ3n) is 3.20. The highest BCUT2D eigenvalue weighted by atomic mass is 35.5. The Kier molecular flexibility index (Phi) is 5.26. The average molecular weight is 241 g/mol. The minimum atomic E-state index is 0. The molecule has 0 amide bonds. The van der Waals surface area contributed by atoms with Gasteiger partial charge in [0.05, 0.1) is 0 Å². The molecule has 0 saturated carbocycles. The Balaban J connectivity index is 0.00000128. The van der Waals surface area contributed by atoms with Gasteiger partial charge in [-0.1, -0.05) is 24.3 Å². The summed E-state index contributed by atoms with van der Waals surface area (Å²) in [6, 6.07) is 8.99.